The van der Waals surface area contributed by atoms with E-state index in [0.29, 0.717) is 37.3 Å². The van der Waals surface area contributed by atoms with E-state index in [1.807, 2.05) is 93.6 Å². The number of rotatable bonds is 14. The second kappa shape index (κ2) is 14.9. The molecule has 6 atom stereocenters. The van der Waals surface area contributed by atoms with Crippen molar-refractivity contribution >= 4 is 40.9 Å². The fraction of sp³-hybridized carbons (Fsp3) is 0.390. The van der Waals surface area contributed by atoms with Crippen molar-refractivity contribution in [3.05, 3.63) is 115 Å². The minimum atomic E-state index is -0.883. The molecule has 3 aromatic carbocycles. The van der Waals surface area contributed by atoms with Crippen LogP contribution in [0.1, 0.15) is 36.5 Å². The number of carbonyl (C=O) groups excluding carboxylic acids is 3. The van der Waals surface area contributed by atoms with Crippen LogP contribution < -0.4 is 14.5 Å². The molecule has 1 spiro atoms. The van der Waals surface area contributed by atoms with Crippen LogP contribution >= 0.6 is 11.8 Å². The monoisotopic (exact) mass is 693 g/mol. The second-order valence-electron chi connectivity index (χ2n) is 13.5. The zero-order valence-electron chi connectivity index (χ0n) is 29.2. The minimum Gasteiger partial charge on any atom is -0.494 e. The van der Waals surface area contributed by atoms with Gasteiger partial charge in [0.1, 0.15) is 11.8 Å². The number of hydrogen-bond donors (Lipinski definition) is 1. The van der Waals surface area contributed by atoms with E-state index in [-0.39, 0.29) is 42.7 Å². The number of aliphatic hydroxyl groups is 1. The summed E-state index contributed by atoms with van der Waals surface area (Å²) >= 11 is 1.63. The van der Waals surface area contributed by atoms with Crippen LogP contribution in [0.4, 0.5) is 11.4 Å². The number of nitrogens with zero attached hydrogens (tertiary/aromatic N) is 3. The number of amides is 3. The summed E-state index contributed by atoms with van der Waals surface area (Å²) in [6.45, 7) is 14.5. The molecule has 9 heteroatoms. The number of anilines is 2. The molecule has 3 fully saturated rings. The molecule has 3 heterocycles. The van der Waals surface area contributed by atoms with E-state index in [0.717, 1.165) is 22.4 Å². The Morgan fingerprint density at radius 2 is 1.72 bits per heavy atom. The van der Waals surface area contributed by atoms with Crippen LogP contribution in [0.2, 0.25) is 0 Å². The lowest BCUT2D eigenvalue weighted by atomic mass is 9.70. The lowest BCUT2D eigenvalue weighted by Crippen LogP contribution is -2.58. The molecule has 2 bridgehead atoms. The number of aliphatic hydroxyl groups excluding tert-OH is 1. The summed E-state index contributed by atoms with van der Waals surface area (Å²) in [5.74, 6) is -1.26. The minimum absolute atomic E-state index is 0.126. The van der Waals surface area contributed by atoms with Gasteiger partial charge in [0.2, 0.25) is 11.8 Å². The Balaban J connectivity index is 1.44. The number of benzene rings is 3. The number of fused-ring (bicyclic) bond motifs is 1. The third kappa shape index (κ3) is 6.26. The third-order valence-electron chi connectivity index (χ3n) is 10.4. The molecule has 0 saturated carbocycles. The van der Waals surface area contributed by atoms with Crippen molar-refractivity contribution in [2.75, 3.05) is 36.1 Å². The first kappa shape index (κ1) is 35.5. The Bertz CT molecular complexity index is 1750. The van der Waals surface area contributed by atoms with Gasteiger partial charge in [-0.1, -0.05) is 54.6 Å². The van der Waals surface area contributed by atoms with E-state index in [4.69, 9.17) is 4.74 Å². The molecule has 262 valence electrons. The summed E-state index contributed by atoms with van der Waals surface area (Å²) in [7, 11) is 0. The fourth-order valence-electron chi connectivity index (χ4n) is 8.30. The average molecular weight is 694 g/mol. The van der Waals surface area contributed by atoms with Gasteiger partial charge in [0.25, 0.3) is 5.91 Å². The first-order chi connectivity index (χ1) is 24.2. The SMILES string of the molecule is C=CCN(C(=O)[C@@H]1[C@@H]2CCC3(S2)C(C(=O)N(CC=C)c2cc(C)ccc2C)N([C@@H](CO)Cc2ccccc2)C(=O)[C@H]13)c1ccc(OCC)cc1. The maximum atomic E-state index is 15.2. The van der Waals surface area contributed by atoms with Crippen LogP contribution in [0.5, 0.6) is 5.75 Å². The summed E-state index contributed by atoms with van der Waals surface area (Å²) in [5.41, 5.74) is 4.36. The zero-order chi connectivity index (χ0) is 35.6. The van der Waals surface area contributed by atoms with Crippen molar-refractivity contribution in [3.8, 4) is 5.75 Å². The van der Waals surface area contributed by atoms with E-state index in [2.05, 4.69) is 13.2 Å². The van der Waals surface area contributed by atoms with Crippen LogP contribution in [-0.2, 0) is 20.8 Å². The fourth-order valence-corrected chi connectivity index (χ4v) is 10.5. The number of aryl methyl sites for hydroxylation is 2. The summed E-state index contributed by atoms with van der Waals surface area (Å²) in [6, 6.07) is 21.6. The van der Waals surface area contributed by atoms with Crippen molar-refractivity contribution < 1.29 is 24.2 Å². The average Bonchev–Trinajstić information content (AvgIpc) is 3.77. The quantitative estimate of drug-likeness (QED) is 0.204. The van der Waals surface area contributed by atoms with Crippen LogP contribution in [0, 0.1) is 25.7 Å². The molecule has 3 aromatic rings. The van der Waals surface area contributed by atoms with E-state index in [1.165, 1.54) is 0 Å². The van der Waals surface area contributed by atoms with Crippen molar-refractivity contribution in [2.24, 2.45) is 11.8 Å². The maximum absolute atomic E-state index is 15.2. The van der Waals surface area contributed by atoms with Crippen LogP contribution in [0.25, 0.3) is 0 Å². The number of ether oxygens (including phenoxy) is 1. The number of hydrogen-bond acceptors (Lipinski definition) is 6. The van der Waals surface area contributed by atoms with Crippen molar-refractivity contribution in [1.82, 2.24) is 4.90 Å². The predicted molar refractivity (Wildman–Crippen MR) is 201 cm³/mol. The van der Waals surface area contributed by atoms with Gasteiger partial charge in [0.15, 0.2) is 0 Å². The van der Waals surface area contributed by atoms with Gasteiger partial charge in [0, 0.05) is 29.7 Å². The summed E-state index contributed by atoms with van der Waals surface area (Å²) in [4.78, 5) is 50.2. The summed E-state index contributed by atoms with van der Waals surface area (Å²) in [5, 5.41) is 10.8. The lowest BCUT2D eigenvalue weighted by molar-refractivity contribution is -0.141. The third-order valence-corrected chi connectivity index (χ3v) is 12.4. The van der Waals surface area contributed by atoms with E-state index < -0.39 is 28.7 Å². The molecule has 1 N–H and O–H groups in total. The van der Waals surface area contributed by atoms with Gasteiger partial charge in [0.05, 0.1) is 35.8 Å². The van der Waals surface area contributed by atoms with Gasteiger partial charge < -0.3 is 24.5 Å². The molecule has 3 saturated heterocycles. The van der Waals surface area contributed by atoms with E-state index in [9.17, 15) is 9.90 Å². The van der Waals surface area contributed by atoms with Crippen LogP contribution in [0.15, 0.2) is 98.1 Å². The molecule has 3 amide bonds. The molecular weight excluding hydrogens is 647 g/mol. The molecule has 50 heavy (non-hydrogen) atoms. The second-order valence-corrected chi connectivity index (χ2v) is 15.1. The topological polar surface area (TPSA) is 90.4 Å². The molecule has 3 aliphatic heterocycles. The van der Waals surface area contributed by atoms with Crippen molar-refractivity contribution in [2.45, 2.75) is 62.1 Å². The Labute approximate surface area is 299 Å². The highest BCUT2D eigenvalue weighted by molar-refractivity contribution is 8.02. The molecule has 0 aliphatic carbocycles. The van der Waals surface area contributed by atoms with E-state index in [1.54, 1.807) is 38.6 Å². The maximum Gasteiger partial charge on any atom is 0.251 e. The number of thioether (sulfide) groups is 1. The largest absolute Gasteiger partial charge is 0.494 e. The smallest absolute Gasteiger partial charge is 0.251 e. The first-order valence-corrected chi connectivity index (χ1v) is 18.4. The van der Waals surface area contributed by atoms with Crippen LogP contribution in [0.3, 0.4) is 0 Å². The van der Waals surface area contributed by atoms with Crippen molar-refractivity contribution in [1.29, 1.82) is 0 Å². The van der Waals surface area contributed by atoms with Gasteiger partial charge in [-0.3, -0.25) is 14.4 Å². The molecule has 6 rings (SSSR count). The highest BCUT2D eigenvalue weighted by Gasteiger charge is 2.74. The Morgan fingerprint density at radius 3 is 2.38 bits per heavy atom. The van der Waals surface area contributed by atoms with Gasteiger partial charge in [-0.05, 0) is 87.1 Å². The van der Waals surface area contributed by atoms with Crippen molar-refractivity contribution in [3.63, 3.8) is 0 Å². The zero-order valence-corrected chi connectivity index (χ0v) is 30.0. The number of carbonyl (C=O) groups is 3. The molecule has 3 aliphatic rings. The molecule has 0 aromatic heterocycles. The Kier molecular flexibility index (Phi) is 10.6. The molecule has 8 nitrogen and oxygen atoms in total. The number of likely N-dealkylation sites (tertiary alicyclic amines) is 1. The standard InChI is InChI=1S/C41H47N3O5S/c1-6-22-42(30-16-18-32(19-17-30)49-8-3)38(46)35-34-20-21-41(50-34)36(35)39(47)44(31(26-45)25-29-12-10-9-11-13-29)37(41)40(48)43(23-7-2)33-24-27(4)14-15-28(33)5/h6-7,9-19,24,31,34-37,45H,1-2,8,20-23,25-26H2,3-5H3/t31-,34+,35-,36+,37?,41?/m1/s1. The summed E-state index contributed by atoms with van der Waals surface area (Å²) in [6.07, 6.45) is 5.11. The van der Waals surface area contributed by atoms with Gasteiger partial charge in [-0.25, -0.2) is 0 Å². The molecule has 0 radical (unpaired) electrons. The van der Waals surface area contributed by atoms with E-state index >= 15 is 9.59 Å². The normalized spacial score (nSPS) is 24.1. The highest BCUT2D eigenvalue weighted by Crippen LogP contribution is 2.67. The van der Waals surface area contributed by atoms with Gasteiger partial charge in [-0.2, -0.15) is 0 Å². The molecular formula is C41H47N3O5S. The first-order valence-electron chi connectivity index (χ1n) is 17.5. The summed E-state index contributed by atoms with van der Waals surface area (Å²) < 4.78 is 4.80. The Morgan fingerprint density at radius 1 is 1.02 bits per heavy atom. The van der Waals surface area contributed by atoms with Gasteiger partial charge >= 0.3 is 0 Å². The molecule has 2 unspecified atom stereocenters. The lowest BCUT2D eigenvalue weighted by Gasteiger charge is -2.40. The Hall–Kier alpha value is -4.34. The predicted octanol–water partition coefficient (Wildman–Crippen LogP) is 6.14. The van der Waals surface area contributed by atoms with Gasteiger partial charge in [-0.15, -0.1) is 24.9 Å². The highest BCUT2D eigenvalue weighted by atomic mass is 32.2. The van der Waals surface area contributed by atoms with Crippen LogP contribution in [-0.4, -0.2) is 76.1 Å².